The van der Waals surface area contributed by atoms with Crippen LogP contribution in [0.2, 0.25) is 0 Å². The van der Waals surface area contributed by atoms with Gasteiger partial charge >= 0.3 is 0 Å². The number of methoxy groups -OCH3 is 1. The molecule has 0 aliphatic rings. The second kappa shape index (κ2) is 10.4. The maximum atomic E-state index is 12.5. The quantitative estimate of drug-likeness (QED) is 0.467. The monoisotopic (exact) mass is 444 g/mol. The van der Waals surface area contributed by atoms with Crippen LogP contribution in [0.25, 0.3) is 6.08 Å². The molecular weight excluding hydrogens is 424 g/mol. The smallest absolute Gasteiger partial charge is 0.266 e. The molecule has 0 bridgehead atoms. The highest BCUT2D eigenvalue weighted by molar-refractivity contribution is 9.10. The summed E-state index contributed by atoms with van der Waals surface area (Å²) in [6.45, 7) is 4.82. The average molecular weight is 445 g/mol. The lowest BCUT2D eigenvalue weighted by molar-refractivity contribution is -0.112. The van der Waals surface area contributed by atoms with Gasteiger partial charge < -0.3 is 19.5 Å². The van der Waals surface area contributed by atoms with Gasteiger partial charge in [0.1, 0.15) is 17.4 Å². The summed E-state index contributed by atoms with van der Waals surface area (Å²) in [7, 11) is 1.53. The van der Waals surface area contributed by atoms with Crippen LogP contribution in [-0.2, 0) is 4.79 Å². The van der Waals surface area contributed by atoms with Crippen LogP contribution in [0, 0.1) is 11.3 Å². The molecule has 7 heteroatoms. The highest BCUT2D eigenvalue weighted by atomic mass is 79.9. The molecule has 0 aliphatic heterocycles. The average Bonchev–Trinajstić information content (AvgIpc) is 2.69. The molecule has 1 amide bonds. The Labute approximate surface area is 172 Å². The van der Waals surface area contributed by atoms with E-state index in [1.807, 2.05) is 19.9 Å². The van der Waals surface area contributed by atoms with Crippen molar-refractivity contribution in [3.05, 3.63) is 52.0 Å². The summed E-state index contributed by atoms with van der Waals surface area (Å²) >= 11 is 3.43. The minimum Gasteiger partial charge on any atom is -0.494 e. The molecule has 0 aromatic heterocycles. The van der Waals surface area contributed by atoms with Gasteiger partial charge in [-0.2, -0.15) is 5.26 Å². The third kappa shape index (κ3) is 5.51. The standard InChI is InChI=1S/C21H21BrN2O4/c1-4-27-17-8-6-16(7-9-17)24-21(25)15(13-23)10-14-11-18(22)20(28-5-2)19(12-14)26-3/h6-12H,4-5H2,1-3H3,(H,24,25)/b15-10-. The van der Waals surface area contributed by atoms with E-state index >= 15 is 0 Å². The summed E-state index contributed by atoms with van der Waals surface area (Å²) in [4.78, 5) is 12.5. The summed E-state index contributed by atoms with van der Waals surface area (Å²) in [5.41, 5.74) is 1.16. The highest BCUT2D eigenvalue weighted by Crippen LogP contribution is 2.37. The van der Waals surface area contributed by atoms with Crippen molar-refractivity contribution in [3.8, 4) is 23.3 Å². The predicted molar refractivity (Wildman–Crippen MR) is 112 cm³/mol. The van der Waals surface area contributed by atoms with Crippen molar-refractivity contribution < 1.29 is 19.0 Å². The Morgan fingerprint density at radius 1 is 1.18 bits per heavy atom. The number of nitriles is 1. The van der Waals surface area contributed by atoms with Crippen LogP contribution in [0.3, 0.4) is 0 Å². The van der Waals surface area contributed by atoms with Gasteiger partial charge in [0.05, 0.1) is 24.8 Å². The third-order valence-corrected chi connectivity index (χ3v) is 4.23. The van der Waals surface area contributed by atoms with Crippen LogP contribution in [0.4, 0.5) is 5.69 Å². The molecule has 0 unspecified atom stereocenters. The molecule has 28 heavy (non-hydrogen) atoms. The van der Waals surface area contributed by atoms with Crippen molar-refractivity contribution in [2.75, 3.05) is 25.6 Å². The van der Waals surface area contributed by atoms with Gasteiger partial charge in [-0.3, -0.25) is 4.79 Å². The Morgan fingerprint density at radius 3 is 2.43 bits per heavy atom. The van der Waals surface area contributed by atoms with Gasteiger partial charge in [-0.25, -0.2) is 0 Å². The van der Waals surface area contributed by atoms with Crippen molar-refractivity contribution in [3.63, 3.8) is 0 Å². The first kappa shape index (κ1) is 21.3. The molecule has 0 radical (unpaired) electrons. The molecular formula is C21H21BrN2O4. The van der Waals surface area contributed by atoms with E-state index in [-0.39, 0.29) is 5.57 Å². The maximum Gasteiger partial charge on any atom is 0.266 e. The van der Waals surface area contributed by atoms with E-state index < -0.39 is 5.91 Å². The van der Waals surface area contributed by atoms with Crippen molar-refractivity contribution in [2.45, 2.75) is 13.8 Å². The molecule has 0 spiro atoms. The number of amides is 1. The van der Waals surface area contributed by atoms with E-state index in [0.717, 1.165) is 0 Å². The van der Waals surface area contributed by atoms with Crippen molar-refractivity contribution in [2.24, 2.45) is 0 Å². The molecule has 0 heterocycles. The number of anilines is 1. The number of halogens is 1. The summed E-state index contributed by atoms with van der Waals surface area (Å²) in [6, 6.07) is 12.3. The lowest BCUT2D eigenvalue weighted by atomic mass is 10.1. The second-order valence-electron chi connectivity index (χ2n) is 5.55. The summed E-state index contributed by atoms with van der Waals surface area (Å²) in [6.07, 6.45) is 1.49. The molecule has 6 nitrogen and oxygen atoms in total. The number of hydrogen-bond acceptors (Lipinski definition) is 5. The van der Waals surface area contributed by atoms with E-state index in [0.29, 0.717) is 46.2 Å². The lowest BCUT2D eigenvalue weighted by Crippen LogP contribution is -2.13. The fourth-order valence-electron chi connectivity index (χ4n) is 2.42. The minimum atomic E-state index is -0.504. The van der Waals surface area contributed by atoms with Crippen molar-refractivity contribution in [1.82, 2.24) is 0 Å². The SMILES string of the molecule is CCOc1ccc(NC(=O)/C(C#N)=C\c2cc(Br)c(OCC)c(OC)c2)cc1. The van der Waals surface area contributed by atoms with E-state index in [9.17, 15) is 10.1 Å². The molecule has 2 rings (SSSR count). The number of nitrogens with one attached hydrogen (secondary N) is 1. The lowest BCUT2D eigenvalue weighted by Gasteiger charge is -2.12. The van der Waals surface area contributed by atoms with Gasteiger partial charge in [0.2, 0.25) is 0 Å². The Hall–Kier alpha value is -2.98. The van der Waals surface area contributed by atoms with Gasteiger partial charge in [0.25, 0.3) is 5.91 Å². The zero-order valence-corrected chi connectivity index (χ0v) is 17.5. The first-order valence-electron chi connectivity index (χ1n) is 8.68. The molecule has 2 aromatic rings. The molecule has 2 aromatic carbocycles. The number of nitrogens with zero attached hydrogens (tertiary/aromatic N) is 1. The molecule has 146 valence electrons. The number of carbonyl (C=O) groups excluding carboxylic acids is 1. The van der Waals surface area contributed by atoms with Gasteiger partial charge in [0.15, 0.2) is 11.5 Å². The topological polar surface area (TPSA) is 80.6 Å². The first-order chi connectivity index (χ1) is 13.5. The summed E-state index contributed by atoms with van der Waals surface area (Å²) < 4.78 is 16.9. The molecule has 0 saturated carbocycles. The van der Waals surface area contributed by atoms with Crippen LogP contribution >= 0.6 is 15.9 Å². The summed E-state index contributed by atoms with van der Waals surface area (Å²) in [5.74, 6) is 1.28. The fraction of sp³-hybridized carbons (Fsp3) is 0.238. The van der Waals surface area contributed by atoms with E-state index in [1.54, 1.807) is 36.4 Å². The Morgan fingerprint density at radius 2 is 1.86 bits per heavy atom. The fourth-order valence-corrected chi connectivity index (χ4v) is 3.00. The van der Waals surface area contributed by atoms with Crippen molar-refractivity contribution in [1.29, 1.82) is 5.26 Å². The number of benzene rings is 2. The van der Waals surface area contributed by atoms with Gasteiger partial charge in [-0.15, -0.1) is 0 Å². The Balaban J connectivity index is 2.24. The summed E-state index contributed by atoms with van der Waals surface area (Å²) in [5, 5.41) is 12.1. The van der Waals surface area contributed by atoms with Gasteiger partial charge in [-0.1, -0.05) is 0 Å². The van der Waals surface area contributed by atoms with Crippen LogP contribution in [0.5, 0.6) is 17.2 Å². The Bertz CT molecular complexity index is 902. The zero-order valence-electron chi connectivity index (χ0n) is 15.9. The molecule has 0 atom stereocenters. The van der Waals surface area contributed by atoms with Crippen LogP contribution in [0.15, 0.2) is 46.4 Å². The normalized spacial score (nSPS) is 10.8. The molecule has 0 aliphatic carbocycles. The van der Waals surface area contributed by atoms with Crippen molar-refractivity contribution >= 4 is 33.6 Å². The maximum absolute atomic E-state index is 12.5. The van der Waals surface area contributed by atoms with E-state index in [1.165, 1.54) is 13.2 Å². The second-order valence-corrected chi connectivity index (χ2v) is 6.40. The Kier molecular flexibility index (Phi) is 7.90. The van der Waals surface area contributed by atoms with Gasteiger partial charge in [-0.05, 0) is 77.8 Å². The predicted octanol–water partition coefficient (Wildman–Crippen LogP) is 4.80. The third-order valence-electron chi connectivity index (χ3n) is 3.64. The molecule has 0 fully saturated rings. The van der Waals surface area contributed by atoms with Crippen LogP contribution in [0.1, 0.15) is 19.4 Å². The number of carbonyl (C=O) groups is 1. The molecule has 1 N–H and O–H groups in total. The highest BCUT2D eigenvalue weighted by Gasteiger charge is 2.14. The first-order valence-corrected chi connectivity index (χ1v) is 9.48. The zero-order chi connectivity index (χ0) is 20.5. The van der Waals surface area contributed by atoms with Crippen LogP contribution in [-0.4, -0.2) is 26.2 Å². The van der Waals surface area contributed by atoms with E-state index in [2.05, 4.69) is 21.2 Å². The molecule has 0 saturated heterocycles. The largest absolute Gasteiger partial charge is 0.494 e. The number of ether oxygens (including phenoxy) is 3. The van der Waals surface area contributed by atoms with Gasteiger partial charge in [0, 0.05) is 5.69 Å². The number of rotatable bonds is 8. The number of hydrogen-bond donors (Lipinski definition) is 1. The minimum absolute atomic E-state index is 0.0352. The van der Waals surface area contributed by atoms with E-state index in [4.69, 9.17) is 14.2 Å². The van der Waals surface area contributed by atoms with Crippen LogP contribution < -0.4 is 19.5 Å².